The number of amides is 1. The van der Waals surface area contributed by atoms with Gasteiger partial charge in [0.2, 0.25) is 5.91 Å². The van der Waals surface area contributed by atoms with Gasteiger partial charge in [-0.25, -0.2) is 4.39 Å². The summed E-state index contributed by atoms with van der Waals surface area (Å²) in [6.45, 7) is 0. The summed E-state index contributed by atoms with van der Waals surface area (Å²) < 4.78 is 13.2. The van der Waals surface area contributed by atoms with Crippen LogP contribution < -0.4 is 5.32 Å². The molecular formula is C18H17ClFNO. The standard InChI is InChI=1S/C18H17ClFNO/c19-15-6-2-5-14(12-15)18(8-3-9-18)21-17(22)11-13-4-1-7-16(20)10-13/h1-2,4-7,10,12H,3,8-9,11H2,(H,21,22). The fourth-order valence-corrected chi connectivity index (χ4v) is 3.14. The van der Waals surface area contributed by atoms with Crippen LogP contribution in [0.4, 0.5) is 4.39 Å². The van der Waals surface area contributed by atoms with Crippen LogP contribution in [0, 0.1) is 5.82 Å². The van der Waals surface area contributed by atoms with E-state index in [4.69, 9.17) is 11.6 Å². The van der Waals surface area contributed by atoms with Crippen LogP contribution in [0.1, 0.15) is 30.4 Å². The molecule has 1 aliphatic rings. The topological polar surface area (TPSA) is 29.1 Å². The predicted octanol–water partition coefficient (Wildman–Crippen LogP) is 4.22. The molecule has 1 N–H and O–H groups in total. The van der Waals surface area contributed by atoms with Gasteiger partial charge in [-0.1, -0.05) is 35.9 Å². The second-order valence-corrected chi connectivity index (χ2v) is 6.24. The minimum Gasteiger partial charge on any atom is -0.346 e. The Balaban J connectivity index is 1.74. The third-order valence-corrected chi connectivity index (χ3v) is 4.45. The zero-order chi connectivity index (χ0) is 15.6. The van der Waals surface area contributed by atoms with Crippen LogP contribution in [0.2, 0.25) is 5.02 Å². The van der Waals surface area contributed by atoms with E-state index in [2.05, 4.69) is 5.32 Å². The molecule has 1 amide bonds. The molecule has 114 valence electrons. The summed E-state index contributed by atoms with van der Waals surface area (Å²) in [7, 11) is 0. The van der Waals surface area contributed by atoms with Crippen LogP contribution in [0.5, 0.6) is 0 Å². The molecule has 0 aliphatic heterocycles. The summed E-state index contributed by atoms with van der Waals surface area (Å²) in [5, 5.41) is 3.79. The van der Waals surface area contributed by atoms with Crippen LogP contribution in [0.3, 0.4) is 0 Å². The molecule has 2 aromatic rings. The predicted molar refractivity (Wildman–Crippen MR) is 85.2 cm³/mol. The molecule has 0 unspecified atom stereocenters. The fraction of sp³-hybridized carbons (Fsp3) is 0.278. The number of nitrogens with one attached hydrogen (secondary N) is 1. The number of hydrogen-bond acceptors (Lipinski definition) is 1. The Bertz CT molecular complexity index is 697. The van der Waals surface area contributed by atoms with Gasteiger partial charge in [0.25, 0.3) is 0 Å². The molecule has 3 rings (SSSR count). The third kappa shape index (κ3) is 3.14. The van der Waals surface area contributed by atoms with Crippen LogP contribution >= 0.6 is 11.6 Å². The van der Waals surface area contributed by atoms with Gasteiger partial charge in [-0.15, -0.1) is 0 Å². The highest BCUT2D eigenvalue weighted by molar-refractivity contribution is 6.30. The van der Waals surface area contributed by atoms with Gasteiger partial charge in [0.05, 0.1) is 12.0 Å². The van der Waals surface area contributed by atoms with Crippen molar-refractivity contribution in [2.45, 2.75) is 31.2 Å². The molecule has 0 bridgehead atoms. The van der Waals surface area contributed by atoms with Crippen molar-refractivity contribution < 1.29 is 9.18 Å². The number of carbonyl (C=O) groups excluding carboxylic acids is 1. The van der Waals surface area contributed by atoms with Crippen LogP contribution in [-0.2, 0) is 16.8 Å². The SMILES string of the molecule is O=C(Cc1cccc(F)c1)NC1(c2cccc(Cl)c2)CCC1. The van der Waals surface area contributed by atoms with Gasteiger partial charge in [0.1, 0.15) is 5.82 Å². The Kier molecular flexibility index (Phi) is 4.16. The van der Waals surface area contributed by atoms with E-state index in [1.807, 2.05) is 24.3 Å². The summed E-state index contributed by atoms with van der Waals surface area (Å²) in [6.07, 6.45) is 3.07. The van der Waals surface area contributed by atoms with Crippen molar-refractivity contribution in [1.82, 2.24) is 5.32 Å². The molecule has 4 heteroatoms. The quantitative estimate of drug-likeness (QED) is 0.899. The molecule has 0 radical (unpaired) electrons. The van der Waals surface area contributed by atoms with Gasteiger partial charge in [-0.05, 0) is 54.7 Å². The van der Waals surface area contributed by atoms with E-state index in [1.54, 1.807) is 12.1 Å². The van der Waals surface area contributed by atoms with E-state index in [0.29, 0.717) is 10.6 Å². The summed E-state index contributed by atoms with van der Waals surface area (Å²) in [6, 6.07) is 13.8. The molecule has 0 saturated heterocycles. The normalized spacial score (nSPS) is 15.9. The van der Waals surface area contributed by atoms with E-state index in [9.17, 15) is 9.18 Å². The molecule has 1 saturated carbocycles. The number of benzene rings is 2. The number of halogens is 2. The summed E-state index contributed by atoms with van der Waals surface area (Å²) in [4.78, 5) is 12.3. The van der Waals surface area contributed by atoms with Gasteiger partial charge in [-0.2, -0.15) is 0 Å². The smallest absolute Gasteiger partial charge is 0.225 e. The van der Waals surface area contributed by atoms with Gasteiger partial charge < -0.3 is 5.32 Å². The molecule has 0 heterocycles. The van der Waals surface area contributed by atoms with Gasteiger partial charge in [0.15, 0.2) is 0 Å². The van der Waals surface area contributed by atoms with E-state index >= 15 is 0 Å². The highest BCUT2D eigenvalue weighted by Gasteiger charge is 2.39. The van der Waals surface area contributed by atoms with E-state index in [-0.39, 0.29) is 23.7 Å². The zero-order valence-electron chi connectivity index (χ0n) is 12.1. The monoisotopic (exact) mass is 317 g/mol. The molecule has 0 aromatic heterocycles. The molecular weight excluding hydrogens is 301 g/mol. The van der Waals surface area contributed by atoms with E-state index in [0.717, 1.165) is 24.8 Å². The van der Waals surface area contributed by atoms with Crippen molar-refractivity contribution in [2.75, 3.05) is 0 Å². The van der Waals surface area contributed by atoms with Crippen LogP contribution in [0.25, 0.3) is 0 Å². The number of carbonyl (C=O) groups is 1. The molecule has 0 atom stereocenters. The lowest BCUT2D eigenvalue weighted by Crippen LogP contribution is -2.51. The molecule has 1 fully saturated rings. The third-order valence-electron chi connectivity index (χ3n) is 4.22. The Morgan fingerprint density at radius 3 is 2.59 bits per heavy atom. The van der Waals surface area contributed by atoms with Crippen molar-refractivity contribution >= 4 is 17.5 Å². The number of rotatable bonds is 4. The minimum absolute atomic E-state index is 0.0923. The minimum atomic E-state index is -0.324. The van der Waals surface area contributed by atoms with Gasteiger partial charge in [0, 0.05) is 5.02 Å². The van der Waals surface area contributed by atoms with Crippen molar-refractivity contribution in [1.29, 1.82) is 0 Å². The first kappa shape index (κ1) is 15.0. The average Bonchev–Trinajstić information content (AvgIpc) is 2.43. The lowest BCUT2D eigenvalue weighted by atomic mass is 9.71. The molecule has 0 spiro atoms. The lowest BCUT2D eigenvalue weighted by Gasteiger charge is -2.43. The first-order valence-electron chi connectivity index (χ1n) is 7.39. The molecule has 2 nitrogen and oxygen atoms in total. The number of hydrogen-bond donors (Lipinski definition) is 1. The lowest BCUT2D eigenvalue weighted by molar-refractivity contribution is -0.123. The maximum absolute atomic E-state index is 13.2. The van der Waals surface area contributed by atoms with Crippen molar-refractivity contribution in [3.05, 3.63) is 70.5 Å². The van der Waals surface area contributed by atoms with Crippen molar-refractivity contribution in [3.63, 3.8) is 0 Å². The Labute approximate surface area is 134 Å². The van der Waals surface area contributed by atoms with Gasteiger partial charge >= 0.3 is 0 Å². The van der Waals surface area contributed by atoms with Gasteiger partial charge in [-0.3, -0.25) is 4.79 Å². The Morgan fingerprint density at radius 2 is 1.95 bits per heavy atom. The fourth-order valence-electron chi connectivity index (χ4n) is 2.95. The first-order chi connectivity index (χ1) is 10.6. The molecule has 2 aromatic carbocycles. The average molecular weight is 318 g/mol. The largest absolute Gasteiger partial charge is 0.346 e. The highest BCUT2D eigenvalue weighted by Crippen LogP contribution is 2.41. The Morgan fingerprint density at radius 1 is 1.18 bits per heavy atom. The van der Waals surface area contributed by atoms with Crippen molar-refractivity contribution in [2.24, 2.45) is 0 Å². The van der Waals surface area contributed by atoms with Crippen LogP contribution in [-0.4, -0.2) is 5.91 Å². The molecule has 1 aliphatic carbocycles. The zero-order valence-corrected chi connectivity index (χ0v) is 12.9. The van der Waals surface area contributed by atoms with Crippen LogP contribution in [0.15, 0.2) is 48.5 Å². The molecule has 22 heavy (non-hydrogen) atoms. The van der Waals surface area contributed by atoms with E-state index < -0.39 is 0 Å². The summed E-state index contributed by atoms with van der Waals surface area (Å²) >= 11 is 6.06. The Hall–Kier alpha value is -1.87. The van der Waals surface area contributed by atoms with E-state index in [1.165, 1.54) is 12.1 Å². The highest BCUT2D eigenvalue weighted by atomic mass is 35.5. The maximum Gasteiger partial charge on any atom is 0.225 e. The van der Waals surface area contributed by atoms with Crippen molar-refractivity contribution in [3.8, 4) is 0 Å². The second kappa shape index (κ2) is 6.09. The summed E-state index contributed by atoms with van der Waals surface area (Å²) in [5.74, 6) is -0.413. The first-order valence-corrected chi connectivity index (χ1v) is 7.77. The summed E-state index contributed by atoms with van der Waals surface area (Å²) in [5.41, 5.74) is 1.40. The second-order valence-electron chi connectivity index (χ2n) is 5.80. The maximum atomic E-state index is 13.2.